The van der Waals surface area contributed by atoms with Crippen LogP contribution in [0.1, 0.15) is 24.4 Å². The highest BCUT2D eigenvalue weighted by Gasteiger charge is 2.37. The van der Waals surface area contributed by atoms with E-state index >= 15 is 0 Å². The molecular weight excluding hydrogens is 370 g/mol. The van der Waals surface area contributed by atoms with Crippen LogP contribution in [0.5, 0.6) is 0 Å². The molecule has 0 bridgehead atoms. The minimum absolute atomic E-state index is 0.00515. The van der Waals surface area contributed by atoms with Crippen LogP contribution in [0.4, 0.5) is 14.5 Å². The largest absolute Gasteiger partial charge is 0.481 e. The van der Waals surface area contributed by atoms with Gasteiger partial charge >= 0.3 is 5.97 Å². The van der Waals surface area contributed by atoms with Crippen LogP contribution in [0, 0.1) is 17.6 Å². The lowest BCUT2D eigenvalue weighted by Crippen LogP contribution is -2.36. The van der Waals surface area contributed by atoms with Gasteiger partial charge in [-0.25, -0.2) is 8.78 Å². The van der Waals surface area contributed by atoms with Gasteiger partial charge in [-0.3, -0.25) is 14.4 Å². The first-order valence-electron chi connectivity index (χ1n) is 8.67. The summed E-state index contributed by atoms with van der Waals surface area (Å²) in [6.45, 7) is -0.00515. The van der Waals surface area contributed by atoms with E-state index in [9.17, 15) is 23.2 Å². The number of rotatable bonds is 6. The number of nitrogens with zero attached hydrogens (tertiary/aromatic N) is 1. The summed E-state index contributed by atoms with van der Waals surface area (Å²) in [6, 6.07) is 10.1. The fraction of sp³-hybridized carbons (Fsp3) is 0.250. The molecule has 1 saturated heterocycles. The summed E-state index contributed by atoms with van der Waals surface area (Å²) < 4.78 is 27.1. The molecule has 0 radical (unpaired) electrons. The van der Waals surface area contributed by atoms with Gasteiger partial charge in [0, 0.05) is 13.0 Å². The van der Waals surface area contributed by atoms with Crippen molar-refractivity contribution in [3.05, 3.63) is 65.7 Å². The van der Waals surface area contributed by atoms with E-state index in [1.165, 1.54) is 47.4 Å². The third kappa shape index (κ3) is 4.33. The van der Waals surface area contributed by atoms with Crippen LogP contribution in [0.15, 0.2) is 48.5 Å². The second kappa shape index (κ2) is 8.16. The maximum absolute atomic E-state index is 14.0. The van der Waals surface area contributed by atoms with Crippen molar-refractivity contribution in [1.29, 1.82) is 0 Å². The van der Waals surface area contributed by atoms with Crippen LogP contribution in [-0.2, 0) is 14.4 Å². The van der Waals surface area contributed by atoms with E-state index in [2.05, 4.69) is 5.32 Å². The molecule has 1 heterocycles. The monoisotopic (exact) mass is 388 g/mol. The van der Waals surface area contributed by atoms with E-state index < -0.39 is 41.9 Å². The van der Waals surface area contributed by atoms with Gasteiger partial charge in [0.25, 0.3) is 0 Å². The summed E-state index contributed by atoms with van der Waals surface area (Å²) in [4.78, 5) is 37.3. The Balaban J connectivity index is 1.73. The van der Waals surface area contributed by atoms with E-state index in [0.29, 0.717) is 5.56 Å². The van der Waals surface area contributed by atoms with E-state index in [4.69, 9.17) is 5.11 Å². The number of nitrogens with one attached hydrogen (secondary N) is 1. The minimum Gasteiger partial charge on any atom is -0.481 e. The van der Waals surface area contributed by atoms with Crippen molar-refractivity contribution in [2.24, 2.45) is 5.92 Å². The predicted molar refractivity (Wildman–Crippen MR) is 96.4 cm³/mol. The van der Waals surface area contributed by atoms with Crippen LogP contribution >= 0.6 is 0 Å². The summed E-state index contributed by atoms with van der Waals surface area (Å²) in [7, 11) is 0. The summed E-state index contributed by atoms with van der Waals surface area (Å²) in [6.07, 6.45) is -0.502. The summed E-state index contributed by atoms with van der Waals surface area (Å²) in [5.74, 6) is -3.82. The van der Waals surface area contributed by atoms with Gasteiger partial charge in [0.05, 0.1) is 24.1 Å². The van der Waals surface area contributed by atoms with Crippen molar-refractivity contribution in [2.75, 3.05) is 11.4 Å². The lowest BCUT2D eigenvalue weighted by molar-refractivity contribution is -0.138. The first-order valence-corrected chi connectivity index (χ1v) is 8.67. The minimum atomic E-state index is -1.13. The molecule has 1 fully saturated rings. The van der Waals surface area contributed by atoms with Gasteiger partial charge in [0.2, 0.25) is 11.8 Å². The molecule has 6 nitrogen and oxygen atoms in total. The maximum Gasteiger partial charge on any atom is 0.305 e. The number of hydrogen-bond acceptors (Lipinski definition) is 3. The zero-order chi connectivity index (χ0) is 20.3. The molecule has 0 saturated carbocycles. The average molecular weight is 388 g/mol. The second-order valence-electron chi connectivity index (χ2n) is 6.57. The number of benzene rings is 2. The zero-order valence-electron chi connectivity index (χ0n) is 14.8. The Hall–Kier alpha value is -3.29. The Bertz CT molecular complexity index is 901. The highest BCUT2D eigenvalue weighted by atomic mass is 19.1. The molecule has 0 aliphatic carbocycles. The summed E-state index contributed by atoms with van der Waals surface area (Å²) >= 11 is 0. The Labute approximate surface area is 159 Å². The van der Waals surface area contributed by atoms with E-state index in [-0.39, 0.29) is 24.6 Å². The number of halogens is 2. The van der Waals surface area contributed by atoms with Crippen molar-refractivity contribution in [1.82, 2.24) is 5.32 Å². The third-order valence-electron chi connectivity index (χ3n) is 4.61. The number of amides is 2. The Morgan fingerprint density at radius 1 is 1.14 bits per heavy atom. The molecule has 0 spiro atoms. The van der Waals surface area contributed by atoms with Gasteiger partial charge in [-0.1, -0.05) is 24.3 Å². The smallest absolute Gasteiger partial charge is 0.305 e. The fourth-order valence-electron chi connectivity index (χ4n) is 3.20. The number of aliphatic carboxylic acids is 1. The molecule has 0 aromatic heterocycles. The number of carbonyl (C=O) groups excluding carboxylic acids is 2. The summed E-state index contributed by atoms with van der Waals surface area (Å²) in [5.41, 5.74) is 0.538. The molecule has 1 aliphatic heterocycles. The summed E-state index contributed by atoms with van der Waals surface area (Å²) in [5, 5.41) is 11.7. The molecule has 28 heavy (non-hydrogen) atoms. The van der Waals surface area contributed by atoms with E-state index in [0.717, 1.165) is 0 Å². The van der Waals surface area contributed by atoms with Crippen LogP contribution in [-0.4, -0.2) is 29.4 Å². The number of carboxylic acid groups (broad SMARTS) is 1. The van der Waals surface area contributed by atoms with Gasteiger partial charge in [-0.15, -0.1) is 0 Å². The quantitative estimate of drug-likeness (QED) is 0.797. The van der Waals surface area contributed by atoms with Gasteiger partial charge in [0.15, 0.2) is 0 Å². The third-order valence-corrected chi connectivity index (χ3v) is 4.61. The molecule has 2 atom stereocenters. The Kier molecular flexibility index (Phi) is 5.67. The normalized spacial score (nSPS) is 17.4. The van der Waals surface area contributed by atoms with Crippen LogP contribution in [0.25, 0.3) is 0 Å². The standard InChI is InChI=1S/C20H18F2N2O4/c21-14-7-5-12(6-8-14)16(10-19(26)27)23-20(28)13-9-18(25)24(11-13)17-4-2-1-3-15(17)22/h1-8,13,16H,9-11H2,(H,23,28)(H,26,27). The lowest BCUT2D eigenvalue weighted by Gasteiger charge is -2.20. The fourth-order valence-corrected chi connectivity index (χ4v) is 3.20. The maximum atomic E-state index is 14.0. The number of hydrogen-bond donors (Lipinski definition) is 2. The van der Waals surface area contributed by atoms with Crippen molar-refractivity contribution in [3.8, 4) is 0 Å². The highest BCUT2D eigenvalue weighted by Crippen LogP contribution is 2.28. The second-order valence-corrected chi connectivity index (χ2v) is 6.57. The molecular formula is C20H18F2N2O4. The van der Waals surface area contributed by atoms with E-state index in [1.54, 1.807) is 6.07 Å². The van der Waals surface area contributed by atoms with Gasteiger partial charge < -0.3 is 15.3 Å². The molecule has 3 rings (SSSR count). The molecule has 2 amide bonds. The molecule has 2 aromatic carbocycles. The number of para-hydroxylation sites is 1. The van der Waals surface area contributed by atoms with Gasteiger partial charge in [-0.05, 0) is 29.8 Å². The van der Waals surface area contributed by atoms with E-state index in [1.807, 2.05) is 0 Å². The van der Waals surface area contributed by atoms with Gasteiger partial charge in [0.1, 0.15) is 11.6 Å². The first kappa shape index (κ1) is 19.5. The van der Waals surface area contributed by atoms with Crippen molar-refractivity contribution < 1.29 is 28.3 Å². The molecule has 2 aromatic rings. The predicted octanol–water partition coefficient (Wildman–Crippen LogP) is 2.65. The van der Waals surface area contributed by atoms with Crippen molar-refractivity contribution >= 4 is 23.5 Å². The first-order chi connectivity index (χ1) is 13.3. The van der Waals surface area contributed by atoms with Gasteiger partial charge in [-0.2, -0.15) is 0 Å². The highest BCUT2D eigenvalue weighted by molar-refractivity contribution is 6.00. The van der Waals surface area contributed by atoms with Crippen LogP contribution in [0.3, 0.4) is 0 Å². The lowest BCUT2D eigenvalue weighted by atomic mass is 10.0. The SMILES string of the molecule is O=C(O)CC(NC(=O)C1CC(=O)N(c2ccccc2F)C1)c1ccc(F)cc1. The topological polar surface area (TPSA) is 86.7 Å². The molecule has 2 unspecified atom stereocenters. The van der Waals surface area contributed by atoms with Crippen molar-refractivity contribution in [2.45, 2.75) is 18.9 Å². The Morgan fingerprint density at radius 3 is 2.46 bits per heavy atom. The van der Waals surface area contributed by atoms with Crippen LogP contribution in [0.2, 0.25) is 0 Å². The number of carbonyl (C=O) groups is 3. The molecule has 2 N–H and O–H groups in total. The molecule has 1 aliphatic rings. The molecule has 8 heteroatoms. The Morgan fingerprint density at radius 2 is 1.82 bits per heavy atom. The van der Waals surface area contributed by atoms with Crippen LogP contribution < -0.4 is 10.2 Å². The van der Waals surface area contributed by atoms with Crippen molar-refractivity contribution in [3.63, 3.8) is 0 Å². The molecule has 146 valence electrons. The average Bonchev–Trinajstić information content (AvgIpc) is 3.03. The number of anilines is 1. The number of carboxylic acids is 1. The zero-order valence-corrected chi connectivity index (χ0v) is 14.8.